The van der Waals surface area contributed by atoms with Crippen molar-refractivity contribution in [2.45, 2.75) is 52.2 Å². The maximum Gasteiger partial charge on any atom is 0.191 e. The van der Waals surface area contributed by atoms with Gasteiger partial charge >= 0.3 is 0 Å². The molecule has 1 heterocycles. The Kier molecular flexibility index (Phi) is 11.1. The van der Waals surface area contributed by atoms with E-state index in [1.165, 1.54) is 11.1 Å². The van der Waals surface area contributed by atoms with Crippen LogP contribution in [0.15, 0.2) is 39.8 Å². The van der Waals surface area contributed by atoms with Gasteiger partial charge in [-0.1, -0.05) is 43.3 Å². The van der Waals surface area contributed by atoms with E-state index in [9.17, 15) is 0 Å². The monoisotopic (exact) mass is 499 g/mol. The highest BCUT2D eigenvalue weighted by Gasteiger charge is 2.13. The van der Waals surface area contributed by atoms with Gasteiger partial charge in [-0.3, -0.25) is 4.99 Å². The summed E-state index contributed by atoms with van der Waals surface area (Å²) in [7, 11) is 5.93. The second-order valence-electron chi connectivity index (χ2n) is 7.07. The van der Waals surface area contributed by atoms with Crippen molar-refractivity contribution in [1.29, 1.82) is 0 Å². The Balaban J connectivity index is 0.00000392. The third-order valence-corrected chi connectivity index (χ3v) is 4.58. The second kappa shape index (κ2) is 12.8. The quantitative estimate of drug-likeness (QED) is 0.309. The third kappa shape index (κ3) is 7.79. The summed E-state index contributed by atoms with van der Waals surface area (Å²) in [6, 6.07) is 10.6. The standard InChI is InChI=1S/C21H33N5O.HI/c1-6-18(7-2)20-12-19(27-25-20)14-24-21(22-3)23-13-16-9-8-10-17(11-16)15-26(4)5;/h8-12,18H,6-7,13-15H2,1-5H3,(H2,22,23,24);1H. The van der Waals surface area contributed by atoms with Crippen molar-refractivity contribution < 1.29 is 4.52 Å². The van der Waals surface area contributed by atoms with E-state index in [1.807, 2.05) is 6.07 Å². The van der Waals surface area contributed by atoms with E-state index in [1.54, 1.807) is 7.05 Å². The first-order chi connectivity index (χ1) is 13.0. The van der Waals surface area contributed by atoms with Gasteiger partial charge in [-0.25, -0.2) is 0 Å². The Morgan fingerprint density at radius 1 is 1.11 bits per heavy atom. The van der Waals surface area contributed by atoms with Crippen molar-refractivity contribution in [1.82, 2.24) is 20.7 Å². The maximum absolute atomic E-state index is 5.46. The summed E-state index contributed by atoms with van der Waals surface area (Å²) in [5, 5.41) is 10.8. The summed E-state index contributed by atoms with van der Waals surface area (Å²) < 4.78 is 5.46. The molecule has 0 bridgehead atoms. The smallest absolute Gasteiger partial charge is 0.191 e. The molecule has 1 aromatic carbocycles. The van der Waals surface area contributed by atoms with Crippen molar-refractivity contribution in [3.63, 3.8) is 0 Å². The topological polar surface area (TPSA) is 65.7 Å². The van der Waals surface area contributed by atoms with Crippen LogP contribution in [0, 0.1) is 0 Å². The lowest BCUT2D eigenvalue weighted by Crippen LogP contribution is -2.36. The Morgan fingerprint density at radius 2 is 1.79 bits per heavy atom. The van der Waals surface area contributed by atoms with Gasteiger partial charge in [-0.15, -0.1) is 24.0 Å². The summed E-state index contributed by atoms with van der Waals surface area (Å²) in [5.74, 6) is 2.04. The van der Waals surface area contributed by atoms with Crippen LogP contribution in [0.1, 0.15) is 55.2 Å². The van der Waals surface area contributed by atoms with E-state index in [0.717, 1.165) is 43.3 Å². The van der Waals surface area contributed by atoms with E-state index in [-0.39, 0.29) is 24.0 Å². The SMILES string of the molecule is CCC(CC)c1cc(CNC(=NC)NCc2cccc(CN(C)C)c2)on1.I. The molecule has 28 heavy (non-hydrogen) atoms. The third-order valence-electron chi connectivity index (χ3n) is 4.58. The molecule has 0 atom stereocenters. The number of nitrogens with one attached hydrogen (secondary N) is 2. The van der Waals surface area contributed by atoms with Gasteiger partial charge in [0, 0.05) is 32.1 Å². The molecule has 2 rings (SSSR count). The molecule has 2 N–H and O–H groups in total. The minimum Gasteiger partial charge on any atom is -0.359 e. The van der Waals surface area contributed by atoms with Gasteiger partial charge in [-0.2, -0.15) is 0 Å². The second-order valence-corrected chi connectivity index (χ2v) is 7.07. The molecule has 0 saturated carbocycles. The molecule has 0 saturated heterocycles. The molecule has 0 amide bonds. The van der Waals surface area contributed by atoms with E-state index in [2.05, 4.69) is 77.9 Å². The normalized spacial score (nSPS) is 11.6. The number of hydrogen-bond donors (Lipinski definition) is 2. The molecule has 156 valence electrons. The zero-order chi connectivity index (χ0) is 19.6. The van der Waals surface area contributed by atoms with E-state index < -0.39 is 0 Å². The highest BCUT2D eigenvalue weighted by atomic mass is 127. The number of halogens is 1. The highest BCUT2D eigenvalue weighted by molar-refractivity contribution is 14.0. The van der Waals surface area contributed by atoms with Gasteiger partial charge in [-0.05, 0) is 38.1 Å². The van der Waals surface area contributed by atoms with Crippen LogP contribution in [0.2, 0.25) is 0 Å². The van der Waals surface area contributed by atoms with E-state index >= 15 is 0 Å². The van der Waals surface area contributed by atoms with Gasteiger partial charge in [0.05, 0.1) is 12.2 Å². The van der Waals surface area contributed by atoms with Crippen LogP contribution in [-0.2, 0) is 19.6 Å². The van der Waals surface area contributed by atoms with Crippen LogP contribution in [0.5, 0.6) is 0 Å². The number of benzene rings is 1. The summed E-state index contributed by atoms with van der Waals surface area (Å²) in [6.07, 6.45) is 2.15. The van der Waals surface area contributed by atoms with Crippen LogP contribution in [0.4, 0.5) is 0 Å². The molecule has 7 heteroatoms. The van der Waals surface area contributed by atoms with Crippen molar-refractivity contribution in [2.75, 3.05) is 21.1 Å². The Bertz CT molecular complexity index is 725. The Labute approximate surface area is 186 Å². The molecule has 0 fully saturated rings. The van der Waals surface area contributed by atoms with Crippen LogP contribution in [-0.4, -0.2) is 37.2 Å². The minimum absolute atomic E-state index is 0. The summed E-state index contributed by atoms with van der Waals surface area (Å²) in [4.78, 5) is 6.45. The number of nitrogens with zero attached hydrogens (tertiary/aromatic N) is 3. The number of rotatable bonds is 9. The fourth-order valence-electron chi connectivity index (χ4n) is 3.09. The molecule has 0 aliphatic carbocycles. The van der Waals surface area contributed by atoms with Gasteiger partial charge < -0.3 is 20.1 Å². The molecule has 1 aromatic heterocycles. The van der Waals surface area contributed by atoms with Crippen LogP contribution in [0.3, 0.4) is 0 Å². The van der Waals surface area contributed by atoms with Gasteiger partial charge in [0.25, 0.3) is 0 Å². The predicted octanol–water partition coefficient (Wildman–Crippen LogP) is 4.12. The zero-order valence-electron chi connectivity index (χ0n) is 17.7. The molecule has 0 spiro atoms. The van der Waals surface area contributed by atoms with Gasteiger partial charge in [0.1, 0.15) is 0 Å². The highest BCUT2D eigenvalue weighted by Crippen LogP contribution is 2.22. The van der Waals surface area contributed by atoms with E-state index in [4.69, 9.17) is 4.52 Å². The number of aliphatic imine (C=N–C) groups is 1. The van der Waals surface area contributed by atoms with Crippen molar-refractivity contribution in [2.24, 2.45) is 4.99 Å². The zero-order valence-corrected chi connectivity index (χ0v) is 20.0. The lowest BCUT2D eigenvalue weighted by molar-refractivity contribution is 0.368. The number of aromatic nitrogens is 1. The summed E-state index contributed by atoms with van der Waals surface area (Å²) in [5.41, 5.74) is 3.57. The lowest BCUT2D eigenvalue weighted by Gasteiger charge is -2.13. The van der Waals surface area contributed by atoms with Gasteiger partial charge in [0.15, 0.2) is 11.7 Å². The first-order valence-corrected chi connectivity index (χ1v) is 9.68. The van der Waals surface area contributed by atoms with Crippen molar-refractivity contribution >= 4 is 29.9 Å². The number of hydrogen-bond acceptors (Lipinski definition) is 4. The molecule has 0 radical (unpaired) electrons. The molecular weight excluding hydrogens is 465 g/mol. The molecule has 0 aliphatic rings. The first-order valence-electron chi connectivity index (χ1n) is 9.68. The van der Waals surface area contributed by atoms with Crippen molar-refractivity contribution in [3.8, 4) is 0 Å². The molecule has 6 nitrogen and oxygen atoms in total. The van der Waals surface area contributed by atoms with Crippen LogP contribution < -0.4 is 10.6 Å². The Morgan fingerprint density at radius 3 is 2.43 bits per heavy atom. The minimum atomic E-state index is 0. The molecule has 0 unspecified atom stereocenters. The number of guanidine groups is 1. The van der Waals surface area contributed by atoms with Crippen molar-refractivity contribution in [3.05, 3.63) is 52.9 Å². The maximum atomic E-state index is 5.46. The predicted molar refractivity (Wildman–Crippen MR) is 126 cm³/mol. The average Bonchev–Trinajstić information content (AvgIpc) is 3.11. The average molecular weight is 499 g/mol. The van der Waals surface area contributed by atoms with E-state index in [0.29, 0.717) is 12.5 Å². The summed E-state index contributed by atoms with van der Waals surface area (Å²) in [6.45, 7) is 6.58. The fraction of sp³-hybridized carbons (Fsp3) is 0.524. The molecule has 0 aliphatic heterocycles. The van der Waals surface area contributed by atoms with Crippen LogP contribution in [0.25, 0.3) is 0 Å². The molecular formula is C21H34IN5O. The fourth-order valence-corrected chi connectivity index (χ4v) is 3.09. The van der Waals surface area contributed by atoms with Crippen LogP contribution >= 0.6 is 24.0 Å². The first kappa shape index (κ1) is 24.4. The Hall–Kier alpha value is -1.61. The van der Waals surface area contributed by atoms with Gasteiger partial charge in [0.2, 0.25) is 0 Å². The lowest BCUT2D eigenvalue weighted by atomic mass is 9.99. The largest absolute Gasteiger partial charge is 0.359 e. The summed E-state index contributed by atoms with van der Waals surface area (Å²) >= 11 is 0. The molecule has 2 aromatic rings.